The second kappa shape index (κ2) is 6.04. The molecule has 1 amide bonds. The summed E-state index contributed by atoms with van der Waals surface area (Å²) in [6, 6.07) is 8.62. The summed E-state index contributed by atoms with van der Waals surface area (Å²) >= 11 is 0. The van der Waals surface area contributed by atoms with Crippen molar-refractivity contribution in [2.24, 2.45) is 0 Å². The van der Waals surface area contributed by atoms with Crippen LogP contribution in [-0.4, -0.2) is 46.3 Å². The number of hydrogen-bond acceptors (Lipinski definition) is 4. The Morgan fingerprint density at radius 3 is 2.90 bits per heavy atom. The van der Waals surface area contributed by atoms with Gasteiger partial charge in [0.05, 0.1) is 23.8 Å². The van der Waals surface area contributed by atoms with Crippen LogP contribution in [0.2, 0.25) is 0 Å². The third kappa shape index (κ3) is 3.16. The van der Waals surface area contributed by atoms with E-state index in [1.807, 2.05) is 6.07 Å². The minimum Gasteiger partial charge on any atom is -0.393 e. The Hall–Kier alpha value is -1.90. The maximum absolute atomic E-state index is 12.4. The molecule has 0 aliphatic carbocycles. The van der Waals surface area contributed by atoms with Gasteiger partial charge in [-0.3, -0.25) is 4.79 Å². The summed E-state index contributed by atoms with van der Waals surface area (Å²) in [7, 11) is 0. The van der Waals surface area contributed by atoms with E-state index in [0.717, 1.165) is 0 Å². The summed E-state index contributed by atoms with van der Waals surface area (Å²) in [4.78, 5) is 14.1. The number of nitrogens with zero attached hydrogens (tertiary/aromatic N) is 2. The molecule has 106 valence electrons. The van der Waals surface area contributed by atoms with Crippen LogP contribution in [-0.2, 0) is 0 Å². The lowest BCUT2D eigenvalue weighted by Crippen LogP contribution is -2.36. The van der Waals surface area contributed by atoms with Crippen LogP contribution in [0.25, 0.3) is 0 Å². The van der Waals surface area contributed by atoms with Crippen LogP contribution >= 0.6 is 0 Å². The summed E-state index contributed by atoms with van der Waals surface area (Å²) in [6.45, 7) is 0.684. The molecule has 1 aromatic rings. The lowest BCUT2D eigenvalue weighted by atomic mass is 9.96. The molecule has 1 fully saturated rings. The molecule has 0 bridgehead atoms. The molecule has 2 rings (SSSR count). The molecular formula is C15H18N2O3. The molecule has 0 unspecified atom stereocenters. The number of amides is 1. The monoisotopic (exact) mass is 274 g/mol. The fourth-order valence-corrected chi connectivity index (χ4v) is 2.44. The number of carbonyl (C=O) groups excluding carboxylic acids is 1. The highest BCUT2D eigenvalue weighted by molar-refractivity contribution is 5.94. The van der Waals surface area contributed by atoms with Crippen LogP contribution in [0.4, 0.5) is 0 Å². The second-order valence-corrected chi connectivity index (χ2v) is 5.22. The van der Waals surface area contributed by atoms with Crippen LogP contribution in [0.3, 0.4) is 0 Å². The zero-order valence-electron chi connectivity index (χ0n) is 11.2. The molecule has 1 heterocycles. The van der Waals surface area contributed by atoms with Gasteiger partial charge in [-0.25, -0.2) is 0 Å². The first-order valence-corrected chi connectivity index (χ1v) is 6.71. The molecule has 1 saturated heterocycles. The molecule has 1 aliphatic heterocycles. The van der Waals surface area contributed by atoms with Gasteiger partial charge in [0.1, 0.15) is 0 Å². The van der Waals surface area contributed by atoms with E-state index in [4.69, 9.17) is 5.26 Å². The van der Waals surface area contributed by atoms with Crippen LogP contribution in [0.5, 0.6) is 0 Å². The van der Waals surface area contributed by atoms with Crippen molar-refractivity contribution in [2.75, 3.05) is 19.7 Å². The van der Waals surface area contributed by atoms with Crippen molar-refractivity contribution in [3.05, 3.63) is 35.4 Å². The summed E-state index contributed by atoms with van der Waals surface area (Å²) in [6.07, 6.45) is 1.51. The van der Waals surface area contributed by atoms with Gasteiger partial charge in [0.2, 0.25) is 0 Å². The van der Waals surface area contributed by atoms with Gasteiger partial charge >= 0.3 is 0 Å². The summed E-state index contributed by atoms with van der Waals surface area (Å²) in [5, 5.41) is 28.1. The third-order valence-corrected chi connectivity index (χ3v) is 3.74. The first kappa shape index (κ1) is 14.5. The Kier molecular flexibility index (Phi) is 4.38. The normalized spacial score (nSPS) is 22.9. The van der Waals surface area contributed by atoms with Crippen molar-refractivity contribution in [3.8, 4) is 6.07 Å². The van der Waals surface area contributed by atoms with E-state index in [1.54, 1.807) is 29.2 Å². The number of aliphatic hydroxyl groups is 2. The van der Waals surface area contributed by atoms with Crippen molar-refractivity contribution in [1.82, 2.24) is 4.90 Å². The van der Waals surface area contributed by atoms with Gasteiger partial charge in [-0.05, 0) is 37.5 Å². The van der Waals surface area contributed by atoms with Crippen molar-refractivity contribution < 1.29 is 15.0 Å². The fraction of sp³-hybridized carbons (Fsp3) is 0.467. The molecule has 5 heteroatoms. The van der Waals surface area contributed by atoms with Gasteiger partial charge < -0.3 is 15.1 Å². The number of hydrogen-bond donors (Lipinski definition) is 2. The zero-order valence-corrected chi connectivity index (χ0v) is 11.2. The second-order valence-electron chi connectivity index (χ2n) is 5.22. The highest BCUT2D eigenvalue weighted by Gasteiger charge is 2.31. The minimum absolute atomic E-state index is 0.135. The van der Waals surface area contributed by atoms with E-state index in [9.17, 15) is 15.0 Å². The average molecular weight is 274 g/mol. The fourth-order valence-electron chi connectivity index (χ4n) is 2.44. The van der Waals surface area contributed by atoms with Gasteiger partial charge in [-0.15, -0.1) is 0 Å². The van der Waals surface area contributed by atoms with Gasteiger partial charge in [0.25, 0.3) is 5.91 Å². The van der Waals surface area contributed by atoms with E-state index in [-0.39, 0.29) is 12.5 Å². The first-order valence-electron chi connectivity index (χ1n) is 6.71. The molecule has 20 heavy (non-hydrogen) atoms. The summed E-state index contributed by atoms with van der Waals surface area (Å²) < 4.78 is 0. The number of aliphatic hydroxyl groups excluding tert-OH is 1. The molecule has 2 N–H and O–H groups in total. The summed E-state index contributed by atoms with van der Waals surface area (Å²) in [5.41, 5.74) is -0.139. The van der Waals surface area contributed by atoms with Crippen molar-refractivity contribution >= 4 is 5.91 Å². The Morgan fingerprint density at radius 1 is 1.40 bits per heavy atom. The third-order valence-electron chi connectivity index (χ3n) is 3.74. The number of nitriles is 1. The Balaban J connectivity index is 2.11. The van der Waals surface area contributed by atoms with E-state index >= 15 is 0 Å². The van der Waals surface area contributed by atoms with Crippen molar-refractivity contribution in [1.29, 1.82) is 5.26 Å². The van der Waals surface area contributed by atoms with E-state index in [2.05, 4.69) is 0 Å². The minimum atomic E-state index is -1.08. The SMILES string of the molecule is N#Cc1cccc(C(=O)N2CCC[C@@](O)(CO)CC2)c1. The maximum Gasteiger partial charge on any atom is 0.253 e. The van der Waals surface area contributed by atoms with E-state index in [0.29, 0.717) is 43.5 Å². The van der Waals surface area contributed by atoms with Crippen LogP contribution < -0.4 is 0 Å². The van der Waals surface area contributed by atoms with E-state index in [1.165, 1.54) is 0 Å². The standard InChI is InChI=1S/C15H18N2O3/c16-10-12-3-1-4-13(9-12)14(19)17-7-2-5-15(20,11-18)6-8-17/h1,3-4,9,18,20H,2,5-8,11H2/t15-/m0/s1. The predicted octanol–water partition coefficient (Wildman–Crippen LogP) is 0.908. The molecule has 1 aliphatic rings. The lowest BCUT2D eigenvalue weighted by molar-refractivity contribution is -0.0250. The number of rotatable bonds is 2. The van der Waals surface area contributed by atoms with Crippen LogP contribution in [0.1, 0.15) is 35.2 Å². The number of carbonyl (C=O) groups is 1. The molecule has 0 aromatic heterocycles. The van der Waals surface area contributed by atoms with Gasteiger partial charge in [-0.2, -0.15) is 5.26 Å². The Morgan fingerprint density at radius 2 is 2.20 bits per heavy atom. The molecule has 0 saturated carbocycles. The number of likely N-dealkylation sites (tertiary alicyclic amines) is 1. The maximum atomic E-state index is 12.4. The Labute approximate surface area is 118 Å². The van der Waals surface area contributed by atoms with Gasteiger partial charge in [0, 0.05) is 18.7 Å². The topological polar surface area (TPSA) is 84.6 Å². The quantitative estimate of drug-likeness (QED) is 0.839. The van der Waals surface area contributed by atoms with Crippen LogP contribution in [0, 0.1) is 11.3 Å². The summed E-state index contributed by atoms with van der Waals surface area (Å²) in [5.74, 6) is -0.135. The highest BCUT2D eigenvalue weighted by atomic mass is 16.3. The highest BCUT2D eigenvalue weighted by Crippen LogP contribution is 2.22. The van der Waals surface area contributed by atoms with Crippen molar-refractivity contribution in [2.45, 2.75) is 24.9 Å². The van der Waals surface area contributed by atoms with Crippen molar-refractivity contribution in [3.63, 3.8) is 0 Å². The molecular weight excluding hydrogens is 256 g/mol. The lowest BCUT2D eigenvalue weighted by Gasteiger charge is -2.24. The molecule has 0 spiro atoms. The molecule has 5 nitrogen and oxygen atoms in total. The molecule has 1 aromatic carbocycles. The average Bonchev–Trinajstić information content (AvgIpc) is 2.69. The molecule has 1 atom stereocenters. The predicted molar refractivity (Wildman–Crippen MR) is 72.9 cm³/mol. The largest absolute Gasteiger partial charge is 0.393 e. The van der Waals surface area contributed by atoms with Crippen LogP contribution in [0.15, 0.2) is 24.3 Å². The smallest absolute Gasteiger partial charge is 0.253 e. The zero-order chi connectivity index (χ0) is 14.6. The number of benzene rings is 1. The molecule has 0 radical (unpaired) electrons. The van der Waals surface area contributed by atoms with Gasteiger partial charge in [0.15, 0.2) is 0 Å². The van der Waals surface area contributed by atoms with Gasteiger partial charge in [-0.1, -0.05) is 6.07 Å². The van der Waals surface area contributed by atoms with E-state index < -0.39 is 5.60 Å². The Bertz CT molecular complexity index is 538. The first-order chi connectivity index (χ1) is 9.58.